The van der Waals surface area contributed by atoms with Gasteiger partial charge in [0, 0.05) is 29.5 Å². The van der Waals surface area contributed by atoms with E-state index in [0.29, 0.717) is 11.6 Å². The molecule has 6 heteroatoms. The molecule has 5 nitrogen and oxygen atoms in total. The van der Waals surface area contributed by atoms with Crippen LogP contribution >= 0.6 is 11.3 Å². The molecule has 0 radical (unpaired) electrons. The Bertz CT molecular complexity index is 914. The maximum Gasteiger partial charge on any atom is 0.134 e. The van der Waals surface area contributed by atoms with Crippen LogP contribution < -0.4 is 5.43 Å². The molecule has 3 rings (SSSR count). The predicted octanol–water partition coefficient (Wildman–Crippen LogP) is 5.62. The van der Waals surface area contributed by atoms with Crippen molar-refractivity contribution in [1.29, 1.82) is 5.41 Å². The van der Waals surface area contributed by atoms with Crippen molar-refractivity contribution in [2.75, 3.05) is 7.05 Å². The fourth-order valence-electron chi connectivity index (χ4n) is 3.73. The number of nitrogens with zero attached hydrogens (tertiary/aromatic N) is 2. The molecule has 2 aromatic heterocycles. The molecule has 0 saturated carbocycles. The highest BCUT2D eigenvalue weighted by atomic mass is 32.1. The average molecular weight is 398 g/mol. The fourth-order valence-corrected chi connectivity index (χ4v) is 4.98. The number of hydrogen-bond acceptors (Lipinski definition) is 5. The van der Waals surface area contributed by atoms with Crippen LogP contribution in [0.1, 0.15) is 61.6 Å². The number of imidazole rings is 1. The number of aromatic nitrogens is 2. The van der Waals surface area contributed by atoms with Crippen LogP contribution in [0.5, 0.6) is 0 Å². The van der Waals surface area contributed by atoms with Gasteiger partial charge in [0.15, 0.2) is 0 Å². The van der Waals surface area contributed by atoms with E-state index in [9.17, 15) is 0 Å². The normalized spacial score (nSPS) is 17.2. The summed E-state index contributed by atoms with van der Waals surface area (Å²) in [6.07, 6.45) is 8.29. The van der Waals surface area contributed by atoms with Gasteiger partial charge in [0.05, 0.1) is 10.9 Å². The topological polar surface area (TPSA) is 67.8 Å². The molecule has 0 bridgehead atoms. The van der Waals surface area contributed by atoms with Crippen LogP contribution in [0, 0.1) is 25.2 Å². The van der Waals surface area contributed by atoms with Gasteiger partial charge in [0.2, 0.25) is 0 Å². The molecule has 3 N–H and O–H groups in total. The zero-order valence-corrected chi connectivity index (χ0v) is 18.5. The number of allylic oxidation sites excluding steroid dienone is 2. The first kappa shape index (κ1) is 20.6. The quantitative estimate of drug-likeness (QED) is 0.531. The summed E-state index contributed by atoms with van der Waals surface area (Å²) in [7, 11) is 2.01. The average Bonchev–Trinajstić information content (AvgIpc) is 3.33. The Morgan fingerprint density at radius 3 is 2.64 bits per heavy atom. The summed E-state index contributed by atoms with van der Waals surface area (Å²) in [5, 5.41) is 9.95. The van der Waals surface area contributed by atoms with Crippen LogP contribution in [0.2, 0.25) is 0 Å². The van der Waals surface area contributed by atoms with Crippen molar-refractivity contribution >= 4 is 22.6 Å². The second-order valence-electron chi connectivity index (χ2n) is 7.58. The summed E-state index contributed by atoms with van der Waals surface area (Å²) in [5.74, 6) is 1.31. The molecule has 0 spiro atoms. The Morgan fingerprint density at radius 2 is 2.07 bits per heavy atom. The molecule has 0 aromatic carbocycles. The van der Waals surface area contributed by atoms with Crippen LogP contribution in [0.15, 0.2) is 24.4 Å². The van der Waals surface area contributed by atoms with Crippen LogP contribution in [-0.4, -0.2) is 27.7 Å². The van der Waals surface area contributed by atoms with E-state index in [-0.39, 0.29) is 6.04 Å². The third-order valence-electron chi connectivity index (χ3n) is 5.26. The number of hydrogen-bond donors (Lipinski definition) is 3. The number of thiophene rings is 1. The van der Waals surface area contributed by atoms with Crippen LogP contribution in [-0.2, 0) is 0 Å². The zero-order valence-electron chi connectivity index (χ0n) is 17.7. The van der Waals surface area contributed by atoms with Gasteiger partial charge >= 0.3 is 0 Å². The SMILES string of the molecule is CCC(CC)/C(=C/C(C)=N)c1nc(-c2sc(C3C=CN(C)N3)cc2C)c(C)[nH]1. The van der Waals surface area contributed by atoms with Gasteiger partial charge in [-0.1, -0.05) is 13.8 Å². The van der Waals surface area contributed by atoms with Gasteiger partial charge in [0.1, 0.15) is 11.5 Å². The maximum atomic E-state index is 7.96. The van der Waals surface area contributed by atoms with Gasteiger partial charge in [-0.15, -0.1) is 11.3 Å². The van der Waals surface area contributed by atoms with Crippen molar-refractivity contribution in [3.63, 3.8) is 0 Å². The van der Waals surface area contributed by atoms with Crippen LogP contribution in [0.3, 0.4) is 0 Å². The van der Waals surface area contributed by atoms with E-state index < -0.39 is 0 Å². The summed E-state index contributed by atoms with van der Waals surface area (Å²) >= 11 is 1.80. The highest BCUT2D eigenvalue weighted by Gasteiger charge is 2.23. The largest absolute Gasteiger partial charge is 0.342 e. The number of H-pyrrole nitrogens is 1. The fraction of sp³-hybridized carbons (Fsp3) is 0.455. The third kappa shape index (κ3) is 4.13. The van der Waals surface area contributed by atoms with Crippen molar-refractivity contribution in [3.8, 4) is 10.6 Å². The Kier molecular flexibility index (Phi) is 6.20. The molecule has 1 aliphatic heterocycles. The Labute approximate surface area is 172 Å². The maximum absolute atomic E-state index is 7.96. The van der Waals surface area contributed by atoms with E-state index in [1.165, 1.54) is 15.3 Å². The number of hydrazine groups is 1. The van der Waals surface area contributed by atoms with Crippen LogP contribution in [0.25, 0.3) is 16.1 Å². The number of rotatable bonds is 7. The smallest absolute Gasteiger partial charge is 0.134 e. The lowest BCUT2D eigenvalue weighted by atomic mass is 9.92. The minimum atomic E-state index is 0.224. The highest BCUT2D eigenvalue weighted by molar-refractivity contribution is 7.15. The molecule has 150 valence electrons. The van der Waals surface area contributed by atoms with E-state index in [4.69, 9.17) is 10.4 Å². The van der Waals surface area contributed by atoms with Crippen LogP contribution in [0.4, 0.5) is 0 Å². The number of aromatic amines is 1. The van der Waals surface area contributed by atoms with Gasteiger partial charge in [0.25, 0.3) is 0 Å². The first-order valence-electron chi connectivity index (χ1n) is 9.95. The lowest BCUT2D eigenvalue weighted by molar-refractivity contribution is 0.335. The summed E-state index contributed by atoms with van der Waals surface area (Å²) in [6.45, 7) is 10.5. The van der Waals surface area contributed by atoms with Gasteiger partial charge in [-0.25, -0.2) is 10.4 Å². The highest BCUT2D eigenvalue weighted by Crippen LogP contribution is 2.38. The monoisotopic (exact) mass is 397 g/mol. The summed E-state index contributed by atoms with van der Waals surface area (Å²) in [4.78, 5) is 11.0. The molecular weight excluding hydrogens is 366 g/mol. The minimum Gasteiger partial charge on any atom is -0.342 e. The second-order valence-corrected chi connectivity index (χ2v) is 8.66. The first-order valence-corrected chi connectivity index (χ1v) is 10.8. The molecular formula is C22H31N5S. The molecule has 1 unspecified atom stereocenters. The van der Waals surface area contributed by atoms with E-state index in [2.05, 4.69) is 56.4 Å². The number of nitrogens with one attached hydrogen (secondary N) is 3. The minimum absolute atomic E-state index is 0.224. The molecule has 2 aromatic rings. The van der Waals surface area contributed by atoms with E-state index in [1.807, 2.05) is 25.1 Å². The van der Waals surface area contributed by atoms with Crippen molar-refractivity contribution in [1.82, 2.24) is 20.4 Å². The molecule has 1 atom stereocenters. The molecule has 1 aliphatic rings. The zero-order chi connectivity index (χ0) is 20.4. The van der Waals surface area contributed by atoms with Gasteiger partial charge < -0.3 is 15.4 Å². The third-order valence-corrected chi connectivity index (χ3v) is 6.59. The Morgan fingerprint density at radius 1 is 1.36 bits per heavy atom. The van der Waals surface area contributed by atoms with Crippen molar-refractivity contribution in [2.45, 2.75) is 53.5 Å². The van der Waals surface area contributed by atoms with Gasteiger partial charge in [-0.3, -0.25) is 0 Å². The van der Waals surface area contributed by atoms with E-state index in [0.717, 1.165) is 35.6 Å². The molecule has 0 saturated heterocycles. The molecule has 0 fully saturated rings. The lowest BCUT2D eigenvalue weighted by Crippen LogP contribution is -2.26. The summed E-state index contributed by atoms with van der Waals surface area (Å²) in [6, 6.07) is 2.48. The van der Waals surface area contributed by atoms with Crippen molar-refractivity contribution in [3.05, 3.63) is 46.4 Å². The Balaban J connectivity index is 1.99. The lowest BCUT2D eigenvalue weighted by Gasteiger charge is -2.15. The first-order chi connectivity index (χ1) is 13.3. The molecule has 0 aliphatic carbocycles. The van der Waals surface area contributed by atoms with Crippen molar-refractivity contribution in [2.24, 2.45) is 5.92 Å². The molecule has 28 heavy (non-hydrogen) atoms. The standard InChI is InChI=1S/C22H31N5S/c1-7-16(8-2)17(12-14(4)23)22-24-15(5)20(25-22)21-13(3)11-19(28-21)18-9-10-27(6)26-18/h9-12,16,18,23,26H,7-8H2,1-6H3,(H,24,25)/b17-12-,23-14?. The predicted molar refractivity (Wildman–Crippen MR) is 120 cm³/mol. The Hall–Kier alpha value is -2.18. The van der Waals surface area contributed by atoms with E-state index >= 15 is 0 Å². The molecule has 0 amide bonds. The summed E-state index contributed by atoms with van der Waals surface area (Å²) in [5.41, 5.74) is 8.49. The van der Waals surface area contributed by atoms with Gasteiger partial charge in [-0.2, -0.15) is 0 Å². The summed E-state index contributed by atoms with van der Waals surface area (Å²) < 4.78 is 0. The molecule has 3 heterocycles. The number of aryl methyl sites for hydroxylation is 2. The van der Waals surface area contributed by atoms with Crippen molar-refractivity contribution < 1.29 is 0 Å². The van der Waals surface area contributed by atoms with E-state index in [1.54, 1.807) is 11.3 Å². The second kappa shape index (κ2) is 8.45. The van der Waals surface area contributed by atoms with Gasteiger partial charge in [-0.05, 0) is 68.9 Å².